The molecule has 10 heteroatoms. The molecule has 1 heterocycles. The molecule has 0 saturated carbocycles. The third-order valence-electron chi connectivity index (χ3n) is 5.17. The summed E-state index contributed by atoms with van der Waals surface area (Å²) in [5.74, 6) is 0.682. The summed E-state index contributed by atoms with van der Waals surface area (Å²) < 4.78 is 15.8. The maximum Gasteiger partial charge on any atom is 0.329 e. The van der Waals surface area contributed by atoms with Gasteiger partial charge in [-0.2, -0.15) is 0 Å². The fourth-order valence-corrected chi connectivity index (χ4v) is 3.32. The third kappa shape index (κ3) is 68.4. The molecule has 1 fully saturated rings. The Morgan fingerprint density at radius 2 is 1.03 bits per heavy atom. The number of urea groups is 1. The van der Waals surface area contributed by atoms with E-state index in [1.807, 2.05) is 26.0 Å². The Balaban J connectivity index is -0.0000000289. The molecule has 0 aliphatic carbocycles. The van der Waals surface area contributed by atoms with Crippen LogP contribution in [0.15, 0.2) is 24.3 Å². The van der Waals surface area contributed by atoms with Crippen molar-refractivity contribution in [3.8, 4) is 5.75 Å². The molecule has 0 aromatic heterocycles. The number of rotatable bonds is 9. The monoisotopic (exact) mass is 865 g/mol. The van der Waals surface area contributed by atoms with E-state index in [-0.39, 0.29) is 139 Å². The highest BCUT2D eigenvalue weighted by atomic mass is 28.3. The van der Waals surface area contributed by atoms with Crippen LogP contribution in [0.4, 0.5) is 4.79 Å². The van der Waals surface area contributed by atoms with E-state index < -0.39 is 8.07 Å². The molecule has 0 radical (unpaired) electrons. The number of hydrogen-bond acceptors (Lipinski definition) is 7. The summed E-state index contributed by atoms with van der Waals surface area (Å²) in [7, 11) is 0.864. The number of carbonyl (C=O) groups is 2. The lowest BCUT2D eigenvalue weighted by Crippen LogP contribution is -2.35. The molecular weight excluding hydrogens is 745 g/mol. The van der Waals surface area contributed by atoms with Gasteiger partial charge in [0.15, 0.2) is 6.29 Å². The summed E-state index contributed by atoms with van der Waals surface area (Å²) in [5, 5.41) is 0. The molecule has 1 atom stereocenters. The van der Waals surface area contributed by atoms with E-state index in [0.29, 0.717) is 18.6 Å². The molecule has 1 aliphatic rings. The molecule has 1 unspecified atom stereocenters. The number of nitrogens with zero attached hydrogens (tertiary/aromatic N) is 2. The van der Waals surface area contributed by atoms with Gasteiger partial charge >= 0.3 is 6.03 Å². The molecule has 1 aliphatic heterocycles. The van der Waals surface area contributed by atoms with Crippen molar-refractivity contribution in [2.75, 3.05) is 33.5 Å². The van der Waals surface area contributed by atoms with Crippen molar-refractivity contribution in [2.24, 2.45) is 10.8 Å². The Morgan fingerprint density at radius 3 is 1.31 bits per heavy atom. The second-order valence-corrected chi connectivity index (χ2v) is 22.5. The number of methoxy groups -OCH3 is 1. The van der Waals surface area contributed by atoms with Gasteiger partial charge < -0.3 is 19.1 Å². The van der Waals surface area contributed by atoms with Crippen LogP contribution < -0.4 is 4.74 Å². The van der Waals surface area contributed by atoms with E-state index in [4.69, 9.17) is 24.1 Å². The Kier molecular flexibility index (Phi) is 92.7. The molecule has 1 aromatic rings. The molecular formula is C48H120N2O7Si. The number of amides is 3. The van der Waals surface area contributed by atoms with Gasteiger partial charge in [-0.15, -0.1) is 0 Å². The third-order valence-corrected chi connectivity index (χ3v) is 5.17. The molecule has 368 valence electrons. The lowest BCUT2D eigenvalue weighted by atomic mass is 9.87. The quantitative estimate of drug-likeness (QED) is 0.138. The van der Waals surface area contributed by atoms with Gasteiger partial charge in [-0.1, -0.05) is 204 Å². The Bertz CT molecular complexity index is 908. The van der Waals surface area contributed by atoms with Gasteiger partial charge in [-0.05, 0) is 60.6 Å². The summed E-state index contributed by atoms with van der Waals surface area (Å²) in [5.41, 5.74) is 2.26. The van der Waals surface area contributed by atoms with Gasteiger partial charge in [0, 0.05) is 38.3 Å². The van der Waals surface area contributed by atoms with E-state index in [0.717, 1.165) is 23.5 Å². The lowest BCUT2D eigenvalue weighted by molar-refractivity contribution is -0.128. The normalized spacial score (nSPS) is 10.9. The van der Waals surface area contributed by atoms with Crippen LogP contribution >= 0.6 is 0 Å². The second-order valence-electron chi connectivity index (χ2n) is 16.5. The Hall–Kier alpha value is -2.30. The molecule has 1 aromatic carbocycles. The van der Waals surface area contributed by atoms with Crippen molar-refractivity contribution in [1.82, 2.24) is 9.80 Å². The molecule has 0 spiro atoms. The number of ether oxygens (including phenoxy) is 3. The van der Waals surface area contributed by atoms with E-state index >= 15 is 0 Å². The number of carbonyl (C=O) groups excluding carboxylic acids is 2. The van der Waals surface area contributed by atoms with Crippen molar-refractivity contribution in [1.29, 1.82) is 0 Å². The zero-order valence-corrected chi connectivity index (χ0v) is 32.9. The first kappa shape index (κ1) is 106. The van der Waals surface area contributed by atoms with Gasteiger partial charge in [0.2, 0.25) is 0 Å². The zero-order valence-electron chi connectivity index (χ0n) is 31.9. The first-order valence-corrected chi connectivity index (χ1v) is 19.9. The Morgan fingerprint density at radius 1 is 0.690 bits per heavy atom. The molecule has 2 rings (SSSR count). The molecule has 3 amide bonds. The summed E-state index contributed by atoms with van der Waals surface area (Å²) in [6.07, 6.45) is 1.77. The van der Waals surface area contributed by atoms with Crippen molar-refractivity contribution in [3.63, 3.8) is 0 Å². The Labute approximate surface area is 372 Å². The topological polar surface area (TPSA) is 102 Å². The molecule has 9 nitrogen and oxygen atoms in total. The summed E-state index contributed by atoms with van der Waals surface area (Å²) in [4.78, 5) is 40.1. The van der Waals surface area contributed by atoms with Crippen LogP contribution in [0.3, 0.4) is 0 Å². The zero-order chi connectivity index (χ0) is 36.2. The van der Waals surface area contributed by atoms with Crippen LogP contribution in [-0.4, -0.2) is 69.6 Å². The lowest BCUT2D eigenvalue weighted by Gasteiger charge is -2.21. The van der Waals surface area contributed by atoms with Crippen LogP contribution in [0.2, 0.25) is 26.2 Å². The summed E-state index contributed by atoms with van der Waals surface area (Å²) >= 11 is 0. The van der Waals surface area contributed by atoms with Gasteiger partial charge in [0.1, 0.15) is 19.0 Å². The van der Waals surface area contributed by atoms with Crippen molar-refractivity contribution >= 4 is 20.0 Å². The highest BCUT2D eigenvalue weighted by Gasteiger charge is 2.35. The molecule has 1 saturated heterocycles. The van der Waals surface area contributed by atoms with Crippen LogP contribution in [0.5, 0.6) is 5.75 Å². The van der Waals surface area contributed by atoms with Crippen LogP contribution in [0.1, 0.15) is 198 Å². The van der Waals surface area contributed by atoms with Gasteiger partial charge in [0.05, 0.1) is 0 Å². The second kappa shape index (κ2) is 50.8. The van der Waals surface area contributed by atoms with E-state index in [9.17, 15) is 9.59 Å². The first-order chi connectivity index (χ1) is 20.3. The number of hydrogen-bond donors (Lipinski definition) is 0. The largest absolute Gasteiger partial charge is 0.465 e. The van der Waals surface area contributed by atoms with Crippen LogP contribution in [-0.2, 0) is 19.7 Å². The maximum atomic E-state index is 11.8. The highest BCUT2D eigenvalue weighted by molar-refractivity contribution is 6.74. The average molecular weight is 866 g/mol. The number of benzene rings is 1. The maximum absolute atomic E-state index is 11.8. The van der Waals surface area contributed by atoms with Crippen molar-refractivity contribution in [2.45, 2.75) is 230 Å². The van der Waals surface area contributed by atoms with Gasteiger partial charge in [-0.3, -0.25) is 4.79 Å². The standard InChI is InChI=1S/C14H22O2.C12H22N2O3.C5H12.C4H12Si.13CH4.O2/c1-6-15-11(2)16-13-9-7-12(8-10-13)14(3,4)5;1-12(2,3)6-5-7-13-8-10(15)14(9-17-4)11(13)16;2*1-5(2,3)4;;;;;;;;;;;;;;1-2/h7-11H,6H2,1-5H3;5-9H2,1-4H3;2*1-4H3;13*1H4;. The predicted octanol–water partition coefficient (Wildman–Crippen LogP) is 17.8. The van der Waals surface area contributed by atoms with E-state index in [1.165, 1.54) is 12.7 Å². The summed E-state index contributed by atoms with van der Waals surface area (Å²) in [6.45, 7) is 36.6. The smallest absolute Gasteiger partial charge is 0.329 e. The van der Waals surface area contributed by atoms with Crippen LogP contribution in [0.25, 0.3) is 0 Å². The fourth-order valence-electron chi connectivity index (χ4n) is 3.32. The van der Waals surface area contributed by atoms with Crippen LogP contribution in [0, 0.1) is 20.8 Å². The van der Waals surface area contributed by atoms with Gasteiger partial charge in [0.25, 0.3) is 5.91 Å². The average Bonchev–Trinajstić information content (AvgIpc) is 3.11. The molecule has 0 bridgehead atoms. The number of imide groups is 1. The molecule has 0 N–H and O–H groups in total. The summed E-state index contributed by atoms with van der Waals surface area (Å²) in [6, 6.07) is 7.97. The van der Waals surface area contributed by atoms with Crippen molar-refractivity contribution < 1.29 is 23.8 Å². The highest BCUT2D eigenvalue weighted by Crippen LogP contribution is 2.25. The van der Waals surface area contributed by atoms with E-state index in [2.05, 4.69) is 108 Å². The van der Waals surface area contributed by atoms with Crippen molar-refractivity contribution in [3.05, 3.63) is 39.8 Å². The minimum Gasteiger partial charge on any atom is -0.465 e. The minimum atomic E-state index is -0.611. The van der Waals surface area contributed by atoms with Gasteiger partial charge in [-0.25, -0.2) is 9.69 Å². The van der Waals surface area contributed by atoms with E-state index in [1.54, 1.807) is 4.90 Å². The SMILES string of the molecule is C.C.C.C.C.C.C.C.C.C.C.C.C.CC(C)(C)C.CCOC(C)Oc1ccc(C(C)(C)C)cc1.COCN1C(=O)CN(CCCC(C)(C)C)C1=O.C[Si](C)(C)C.O=O. The fraction of sp³-hybridized carbons (Fsp3) is 0.833. The minimum absolute atomic E-state index is 0. The predicted molar refractivity (Wildman–Crippen MR) is 280 cm³/mol. The molecule has 58 heavy (non-hydrogen) atoms. The first-order valence-electron chi connectivity index (χ1n) is 15.9.